The molecule has 2 aromatic carbocycles. The lowest BCUT2D eigenvalue weighted by atomic mass is 10.1. The molecule has 0 saturated heterocycles. The normalized spacial score (nSPS) is 12.0. The third-order valence-electron chi connectivity index (χ3n) is 4.88. The van der Waals surface area contributed by atoms with Gasteiger partial charge in [-0.05, 0) is 50.4 Å². The summed E-state index contributed by atoms with van der Waals surface area (Å²) in [5.41, 5.74) is 4.31. The lowest BCUT2D eigenvalue weighted by Gasteiger charge is -2.13. The van der Waals surface area contributed by atoms with E-state index in [4.69, 9.17) is 0 Å². The summed E-state index contributed by atoms with van der Waals surface area (Å²) in [6.07, 6.45) is 0. The molecule has 2 heterocycles. The molecular formula is C24H24N4OS2. The molecule has 4 aromatic rings. The highest BCUT2D eigenvalue weighted by atomic mass is 32.2. The second-order valence-electron chi connectivity index (χ2n) is 7.44. The minimum Gasteiger partial charge on any atom is -0.348 e. The Balaban J connectivity index is 1.58. The largest absolute Gasteiger partial charge is 0.348 e. The van der Waals surface area contributed by atoms with E-state index in [0.29, 0.717) is 5.16 Å². The fraction of sp³-hybridized carbons (Fsp3) is 0.208. The number of nitrogens with zero attached hydrogens (tertiary/aromatic N) is 3. The molecule has 0 aliphatic carbocycles. The first-order valence-electron chi connectivity index (χ1n) is 10.1. The van der Waals surface area contributed by atoms with Crippen molar-refractivity contribution in [2.45, 2.75) is 32.0 Å². The molecule has 0 bridgehead atoms. The number of rotatable bonds is 7. The number of thioether (sulfide) groups is 1. The Labute approximate surface area is 190 Å². The van der Waals surface area contributed by atoms with Gasteiger partial charge in [0.25, 0.3) is 0 Å². The van der Waals surface area contributed by atoms with E-state index in [2.05, 4.69) is 65.8 Å². The van der Waals surface area contributed by atoms with Gasteiger partial charge in [0, 0.05) is 16.1 Å². The zero-order valence-corrected chi connectivity index (χ0v) is 19.3. The fourth-order valence-electron chi connectivity index (χ4n) is 3.28. The molecule has 0 saturated carbocycles. The minimum absolute atomic E-state index is 0.00840. The molecule has 1 N–H and O–H groups in total. The molecule has 0 aliphatic rings. The summed E-state index contributed by atoms with van der Waals surface area (Å²) in [7, 11) is 0. The van der Waals surface area contributed by atoms with Gasteiger partial charge in [0.15, 0.2) is 11.0 Å². The van der Waals surface area contributed by atoms with Crippen LogP contribution in [0.3, 0.4) is 0 Å². The predicted molar refractivity (Wildman–Crippen MR) is 128 cm³/mol. The first-order chi connectivity index (χ1) is 15.0. The molecule has 0 radical (unpaired) electrons. The van der Waals surface area contributed by atoms with Crippen molar-refractivity contribution in [1.29, 1.82) is 0 Å². The molecule has 1 unspecified atom stereocenters. The lowest BCUT2D eigenvalue weighted by molar-refractivity contribution is -0.119. The molecule has 1 atom stereocenters. The van der Waals surface area contributed by atoms with Crippen LogP contribution in [0.5, 0.6) is 0 Å². The van der Waals surface area contributed by atoms with Crippen molar-refractivity contribution in [2.75, 3.05) is 5.75 Å². The Kier molecular flexibility index (Phi) is 6.53. The van der Waals surface area contributed by atoms with Gasteiger partial charge in [0.05, 0.1) is 11.8 Å². The van der Waals surface area contributed by atoms with Crippen LogP contribution in [-0.4, -0.2) is 26.4 Å². The van der Waals surface area contributed by atoms with Crippen molar-refractivity contribution in [2.24, 2.45) is 0 Å². The number of thiophene rings is 1. The maximum Gasteiger partial charge on any atom is 0.230 e. The number of hydrogen-bond donors (Lipinski definition) is 1. The quantitative estimate of drug-likeness (QED) is 0.375. The van der Waals surface area contributed by atoms with E-state index in [9.17, 15) is 4.79 Å². The monoisotopic (exact) mass is 448 g/mol. The van der Waals surface area contributed by atoms with Crippen LogP contribution >= 0.6 is 23.1 Å². The average molecular weight is 449 g/mol. The number of benzene rings is 2. The van der Waals surface area contributed by atoms with E-state index in [-0.39, 0.29) is 17.7 Å². The van der Waals surface area contributed by atoms with Gasteiger partial charge < -0.3 is 5.32 Å². The summed E-state index contributed by atoms with van der Waals surface area (Å²) in [6.45, 7) is 6.12. The van der Waals surface area contributed by atoms with Crippen molar-refractivity contribution in [1.82, 2.24) is 20.1 Å². The van der Waals surface area contributed by atoms with E-state index in [1.807, 2.05) is 41.1 Å². The smallest absolute Gasteiger partial charge is 0.230 e. The summed E-state index contributed by atoms with van der Waals surface area (Å²) in [5.74, 6) is 1.01. The maximum absolute atomic E-state index is 12.6. The Morgan fingerprint density at radius 3 is 2.58 bits per heavy atom. The molecular weight excluding hydrogens is 424 g/mol. The van der Waals surface area contributed by atoms with Crippen LogP contribution in [0.2, 0.25) is 0 Å². The molecule has 158 valence electrons. The van der Waals surface area contributed by atoms with Crippen molar-refractivity contribution in [3.63, 3.8) is 0 Å². The van der Waals surface area contributed by atoms with Gasteiger partial charge in [-0.2, -0.15) is 0 Å². The second-order valence-corrected chi connectivity index (χ2v) is 9.36. The minimum atomic E-state index is -0.0264. The molecule has 31 heavy (non-hydrogen) atoms. The van der Waals surface area contributed by atoms with Gasteiger partial charge in [-0.1, -0.05) is 59.3 Å². The lowest BCUT2D eigenvalue weighted by Crippen LogP contribution is -2.27. The topological polar surface area (TPSA) is 59.8 Å². The van der Waals surface area contributed by atoms with E-state index >= 15 is 0 Å². The van der Waals surface area contributed by atoms with Gasteiger partial charge in [0.2, 0.25) is 5.91 Å². The third-order valence-corrected chi connectivity index (χ3v) is 6.87. The van der Waals surface area contributed by atoms with Crippen LogP contribution in [0, 0.1) is 13.8 Å². The number of aromatic nitrogens is 3. The highest BCUT2D eigenvalue weighted by molar-refractivity contribution is 7.99. The summed E-state index contributed by atoms with van der Waals surface area (Å²) >= 11 is 3.04. The van der Waals surface area contributed by atoms with E-state index < -0.39 is 0 Å². The van der Waals surface area contributed by atoms with Crippen molar-refractivity contribution in [3.8, 4) is 17.1 Å². The highest BCUT2D eigenvalue weighted by Gasteiger charge is 2.18. The number of hydrogen-bond acceptors (Lipinski definition) is 5. The predicted octanol–water partition coefficient (Wildman–Crippen LogP) is 5.58. The number of aryl methyl sites for hydroxylation is 2. The van der Waals surface area contributed by atoms with Crippen LogP contribution in [0.25, 0.3) is 17.1 Å². The summed E-state index contributed by atoms with van der Waals surface area (Å²) in [5, 5.41) is 14.7. The molecule has 0 fully saturated rings. The van der Waals surface area contributed by atoms with Crippen molar-refractivity contribution in [3.05, 3.63) is 82.0 Å². The van der Waals surface area contributed by atoms with Crippen LogP contribution in [0.4, 0.5) is 0 Å². The standard InChI is InChI=1S/C24H24N4OS2/c1-16-9-11-20(12-10-16)28-23(19-7-4-6-17(2)14-19)26-27-24(28)31-15-22(29)25-18(3)21-8-5-13-30-21/h4-14,18H,15H2,1-3H3,(H,25,29). The Morgan fingerprint density at radius 1 is 1.06 bits per heavy atom. The molecule has 0 spiro atoms. The van der Waals surface area contributed by atoms with E-state index in [1.165, 1.54) is 17.3 Å². The zero-order chi connectivity index (χ0) is 21.8. The SMILES string of the molecule is Cc1ccc(-n2c(SCC(=O)NC(C)c3cccs3)nnc2-c2cccc(C)c2)cc1. The number of nitrogens with one attached hydrogen (secondary N) is 1. The summed E-state index contributed by atoms with van der Waals surface area (Å²) in [6, 6.07) is 20.5. The summed E-state index contributed by atoms with van der Waals surface area (Å²) in [4.78, 5) is 13.7. The Morgan fingerprint density at radius 2 is 1.87 bits per heavy atom. The van der Waals surface area contributed by atoms with E-state index in [1.54, 1.807) is 11.3 Å². The fourth-order valence-corrected chi connectivity index (χ4v) is 4.78. The molecule has 7 heteroatoms. The van der Waals surface area contributed by atoms with E-state index in [0.717, 1.165) is 27.5 Å². The Hall–Kier alpha value is -2.90. The number of amides is 1. The Bertz CT molecular complexity index is 1170. The first-order valence-corrected chi connectivity index (χ1v) is 11.9. The maximum atomic E-state index is 12.6. The van der Waals surface area contributed by atoms with Gasteiger partial charge in [-0.15, -0.1) is 21.5 Å². The van der Waals surface area contributed by atoms with Crippen molar-refractivity contribution < 1.29 is 4.79 Å². The first kappa shape index (κ1) is 21.3. The third kappa shape index (κ3) is 5.06. The molecule has 1 amide bonds. The van der Waals surface area contributed by atoms with Gasteiger partial charge in [-0.25, -0.2) is 0 Å². The molecule has 5 nitrogen and oxygen atoms in total. The molecule has 2 aromatic heterocycles. The second kappa shape index (κ2) is 9.49. The van der Waals surface area contributed by atoms with Crippen LogP contribution in [-0.2, 0) is 4.79 Å². The molecule has 4 rings (SSSR count). The molecule has 0 aliphatic heterocycles. The van der Waals surface area contributed by atoms with Gasteiger partial charge in [-0.3, -0.25) is 9.36 Å². The van der Waals surface area contributed by atoms with Crippen molar-refractivity contribution >= 4 is 29.0 Å². The van der Waals surface area contributed by atoms with Gasteiger partial charge >= 0.3 is 0 Å². The van der Waals surface area contributed by atoms with Gasteiger partial charge in [0.1, 0.15) is 0 Å². The van der Waals surface area contributed by atoms with Crippen LogP contribution < -0.4 is 5.32 Å². The highest BCUT2D eigenvalue weighted by Crippen LogP contribution is 2.29. The zero-order valence-electron chi connectivity index (χ0n) is 17.7. The summed E-state index contributed by atoms with van der Waals surface area (Å²) < 4.78 is 2.02. The number of carbonyl (C=O) groups excluding carboxylic acids is 1. The average Bonchev–Trinajstić information content (AvgIpc) is 3.43. The van der Waals surface area contributed by atoms with Crippen LogP contribution in [0.15, 0.2) is 71.2 Å². The van der Waals surface area contributed by atoms with Crippen LogP contribution in [0.1, 0.15) is 29.0 Å². The number of carbonyl (C=O) groups is 1.